The van der Waals surface area contributed by atoms with E-state index in [0.29, 0.717) is 11.8 Å². The summed E-state index contributed by atoms with van der Waals surface area (Å²) in [7, 11) is 0. The first kappa shape index (κ1) is 13.8. The third-order valence-corrected chi connectivity index (χ3v) is 3.12. The van der Waals surface area contributed by atoms with Crippen molar-refractivity contribution in [2.75, 3.05) is 0 Å². The summed E-state index contributed by atoms with van der Waals surface area (Å²) in [6, 6.07) is 11.3. The van der Waals surface area contributed by atoms with E-state index < -0.39 is 0 Å². The van der Waals surface area contributed by atoms with E-state index in [1.807, 2.05) is 0 Å². The fourth-order valence-corrected chi connectivity index (χ4v) is 2.29. The molecule has 84 valence electrons. The van der Waals surface area contributed by atoms with Gasteiger partial charge in [-0.1, -0.05) is 45.2 Å². The van der Waals surface area contributed by atoms with Crippen LogP contribution in [0.5, 0.6) is 0 Å². The maximum atomic E-state index is 2.29. The summed E-state index contributed by atoms with van der Waals surface area (Å²) < 4.78 is 0. The Morgan fingerprint density at radius 1 is 0.875 bits per heavy atom. The molecule has 16 heavy (non-hydrogen) atoms. The van der Waals surface area contributed by atoms with Crippen LogP contribution in [0.1, 0.15) is 50.7 Å². The molecule has 0 N–H and O–H groups in total. The number of hydrogen-bond acceptors (Lipinski definition) is 0. The first-order chi connectivity index (χ1) is 7.11. The Kier molecular flexibility index (Phi) is 4.62. The monoisotopic (exact) mass is 289 g/mol. The molecule has 0 unspecified atom stereocenters. The summed E-state index contributed by atoms with van der Waals surface area (Å²) in [5.41, 5.74) is 2.94. The van der Waals surface area contributed by atoms with Crippen LogP contribution in [0.2, 0.25) is 0 Å². The second-order valence-corrected chi connectivity index (χ2v) is 4.91. The minimum atomic E-state index is 0. The van der Waals surface area contributed by atoms with Crippen LogP contribution >= 0.6 is 0 Å². The molecule has 0 bridgehead atoms. The number of benzene rings is 1. The Hall–Kier alpha value is -0.287. The zero-order chi connectivity index (χ0) is 11.0. The van der Waals surface area contributed by atoms with Gasteiger partial charge >= 0.3 is 0 Å². The summed E-state index contributed by atoms with van der Waals surface area (Å²) in [6.07, 6.45) is 0. The van der Waals surface area contributed by atoms with Gasteiger partial charge in [0.2, 0.25) is 0 Å². The van der Waals surface area contributed by atoms with Gasteiger partial charge in [0.05, 0.1) is 0 Å². The van der Waals surface area contributed by atoms with Crippen molar-refractivity contribution in [3.8, 4) is 0 Å². The predicted octanol–water partition coefficient (Wildman–Crippen LogP) is 4.80. The third kappa shape index (κ3) is 2.35. The predicted molar refractivity (Wildman–Crippen MR) is 67.7 cm³/mol. The normalized spacial score (nSPS) is 11.1. The van der Waals surface area contributed by atoms with Gasteiger partial charge in [-0.25, -0.2) is 0 Å². The van der Waals surface area contributed by atoms with E-state index in [9.17, 15) is 0 Å². The van der Waals surface area contributed by atoms with Gasteiger partial charge in [-0.05, 0) is 5.92 Å². The molecule has 0 nitrogen and oxygen atoms in total. The molecule has 0 aliphatic carbocycles. The summed E-state index contributed by atoms with van der Waals surface area (Å²) in [6.45, 7) is 9.04. The van der Waals surface area contributed by atoms with Crippen LogP contribution in [0.25, 0.3) is 10.8 Å². The van der Waals surface area contributed by atoms with Crippen LogP contribution in [0, 0.1) is 0 Å². The van der Waals surface area contributed by atoms with Crippen molar-refractivity contribution in [2.45, 2.75) is 39.5 Å². The van der Waals surface area contributed by atoms with Crippen molar-refractivity contribution in [1.82, 2.24) is 0 Å². The van der Waals surface area contributed by atoms with E-state index in [0.717, 1.165) is 0 Å². The van der Waals surface area contributed by atoms with Gasteiger partial charge in [-0.2, -0.15) is 12.1 Å². The SMILES string of the molecule is CC(C)c1ccc(C(C)C)c2[cH-]ccc12.[Zr]. The van der Waals surface area contributed by atoms with E-state index in [1.165, 1.54) is 21.9 Å². The van der Waals surface area contributed by atoms with Gasteiger partial charge in [0.1, 0.15) is 0 Å². The smallest absolute Gasteiger partial charge is 0 e. The largest absolute Gasteiger partial charge is 0.168 e. The number of hydrogen-bond donors (Lipinski definition) is 0. The molecule has 0 atom stereocenters. The fourth-order valence-electron chi connectivity index (χ4n) is 2.29. The van der Waals surface area contributed by atoms with Crippen LogP contribution in [-0.2, 0) is 26.2 Å². The van der Waals surface area contributed by atoms with E-state index in [-0.39, 0.29) is 26.2 Å². The Balaban J connectivity index is 0.00000128. The minimum Gasteiger partial charge on any atom is -0.168 e. The zero-order valence-corrected chi connectivity index (χ0v) is 13.0. The summed E-state index contributed by atoms with van der Waals surface area (Å²) in [5.74, 6) is 1.22. The molecule has 0 radical (unpaired) electrons. The van der Waals surface area contributed by atoms with Crippen molar-refractivity contribution in [3.63, 3.8) is 0 Å². The van der Waals surface area contributed by atoms with Crippen LogP contribution in [0.4, 0.5) is 0 Å². The second-order valence-electron chi connectivity index (χ2n) is 4.91. The molecule has 2 rings (SSSR count). The van der Waals surface area contributed by atoms with Gasteiger partial charge in [-0.3, -0.25) is 0 Å². The average Bonchev–Trinajstić information content (AvgIpc) is 2.63. The maximum Gasteiger partial charge on any atom is 0 e. The van der Waals surface area contributed by atoms with Gasteiger partial charge in [0, 0.05) is 26.2 Å². The molecule has 2 aromatic rings. The Labute approximate surface area is 118 Å². The Bertz CT molecular complexity index is 421. The standard InChI is InChI=1S/C15H19.Zr/c1-10(2)12-8-9-13(11(3)4)15-7-5-6-14(12)15;/h5-11H,1-4H3;/q-1;. The van der Waals surface area contributed by atoms with Crippen molar-refractivity contribution >= 4 is 10.8 Å². The Morgan fingerprint density at radius 3 is 2.00 bits per heavy atom. The van der Waals surface area contributed by atoms with Gasteiger partial charge < -0.3 is 0 Å². The molecule has 0 aliphatic heterocycles. The molecule has 0 heterocycles. The molecule has 0 saturated heterocycles. The van der Waals surface area contributed by atoms with Crippen molar-refractivity contribution < 1.29 is 26.2 Å². The van der Waals surface area contributed by atoms with Crippen LogP contribution in [0.15, 0.2) is 30.3 Å². The van der Waals surface area contributed by atoms with Crippen LogP contribution in [-0.4, -0.2) is 0 Å². The average molecular weight is 291 g/mol. The molecule has 0 spiro atoms. The second kappa shape index (κ2) is 5.36. The molecule has 2 aromatic carbocycles. The van der Waals surface area contributed by atoms with Crippen LogP contribution in [0.3, 0.4) is 0 Å². The maximum absolute atomic E-state index is 2.29. The van der Waals surface area contributed by atoms with E-state index in [2.05, 4.69) is 58.0 Å². The number of rotatable bonds is 2. The molecule has 0 saturated carbocycles. The first-order valence-electron chi connectivity index (χ1n) is 5.79. The molecule has 0 aliphatic rings. The molecular weight excluding hydrogens is 271 g/mol. The number of fused-ring (bicyclic) bond motifs is 1. The molecular formula is C15H19Zr-. The molecule has 0 aromatic heterocycles. The van der Waals surface area contributed by atoms with E-state index in [4.69, 9.17) is 0 Å². The first-order valence-corrected chi connectivity index (χ1v) is 5.79. The fraction of sp³-hybridized carbons (Fsp3) is 0.400. The van der Waals surface area contributed by atoms with Gasteiger partial charge in [0.25, 0.3) is 0 Å². The van der Waals surface area contributed by atoms with Crippen LogP contribution < -0.4 is 0 Å². The summed E-state index contributed by atoms with van der Waals surface area (Å²) >= 11 is 0. The zero-order valence-electron chi connectivity index (χ0n) is 10.5. The topological polar surface area (TPSA) is 0 Å². The third-order valence-electron chi connectivity index (χ3n) is 3.12. The van der Waals surface area contributed by atoms with Gasteiger partial charge in [0.15, 0.2) is 0 Å². The van der Waals surface area contributed by atoms with E-state index >= 15 is 0 Å². The van der Waals surface area contributed by atoms with Gasteiger partial charge in [-0.15, -0.1) is 28.5 Å². The van der Waals surface area contributed by atoms with Crippen molar-refractivity contribution in [2.24, 2.45) is 0 Å². The van der Waals surface area contributed by atoms with E-state index in [1.54, 1.807) is 0 Å². The van der Waals surface area contributed by atoms with Crippen molar-refractivity contribution in [1.29, 1.82) is 0 Å². The summed E-state index contributed by atoms with van der Waals surface area (Å²) in [5, 5.41) is 2.88. The Morgan fingerprint density at radius 2 is 1.44 bits per heavy atom. The molecule has 0 amide bonds. The van der Waals surface area contributed by atoms with Crippen molar-refractivity contribution in [3.05, 3.63) is 41.5 Å². The minimum absolute atomic E-state index is 0. The quantitative estimate of drug-likeness (QED) is 0.697. The molecule has 1 heteroatoms. The molecule has 0 fully saturated rings. The summed E-state index contributed by atoms with van der Waals surface area (Å²) in [4.78, 5) is 0.